The molecule has 7 nitrogen and oxygen atoms in total. The normalized spacial score (nSPS) is 8.68. The summed E-state index contributed by atoms with van der Waals surface area (Å²) in [6.07, 6.45) is 0.632. The Bertz CT molecular complexity index is 534. The van der Waals surface area contributed by atoms with Gasteiger partial charge in [0.05, 0.1) is 0 Å². The van der Waals surface area contributed by atoms with Gasteiger partial charge in [0.2, 0.25) is 6.41 Å². The molecular weight excluding hydrogens is 282 g/mol. The van der Waals surface area contributed by atoms with Gasteiger partial charge in [-0.1, -0.05) is 0 Å². The van der Waals surface area contributed by atoms with Crippen molar-refractivity contribution in [3.8, 4) is 12.0 Å². The van der Waals surface area contributed by atoms with Gasteiger partial charge in [-0.2, -0.15) is 0 Å². The molecule has 0 atom stereocenters. The van der Waals surface area contributed by atoms with E-state index < -0.39 is 0 Å². The van der Waals surface area contributed by atoms with Crippen molar-refractivity contribution in [2.45, 2.75) is 6.92 Å². The van der Waals surface area contributed by atoms with Crippen LogP contribution in [-0.2, 0) is 4.79 Å². The van der Waals surface area contributed by atoms with E-state index in [1.54, 1.807) is 12.1 Å². The van der Waals surface area contributed by atoms with Gasteiger partial charge in [-0.3, -0.25) is 9.59 Å². The molecule has 1 rings (SSSR count). The number of nitrogens with one attached hydrogen (secondary N) is 2. The SMILES string of the molecule is Cc1cc(C#CN)cc(C(=O)NCCN)c1.NCCNC=O. The Morgan fingerprint density at radius 3 is 2.41 bits per heavy atom. The van der Waals surface area contributed by atoms with Crippen LogP contribution in [-0.4, -0.2) is 38.5 Å². The van der Waals surface area contributed by atoms with E-state index in [1.807, 2.05) is 13.0 Å². The molecule has 22 heavy (non-hydrogen) atoms. The van der Waals surface area contributed by atoms with Crippen LogP contribution in [0.2, 0.25) is 0 Å². The van der Waals surface area contributed by atoms with Gasteiger partial charge in [0, 0.05) is 43.4 Å². The standard InChI is InChI=1S/C12H15N3O.C3H8N2O/c1-9-6-10(2-3-13)8-11(7-9)12(16)15-5-4-14;4-1-2-5-3-6/h6-8H,4-5,13-14H2,1H3,(H,15,16);3H,1-2,4H2,(H,5,6). The van der Waals surface area contributed by atoms with Crippen LogP contribution in [0.25, 0.3) is 0 Å². The third-order valence-corrected chi connectivity index (χ3v) is 2.36. The Morgan fingerprint density at radius 2 is 1.91 bits per heavy atom. The summed E-state index contributed by atoms with van der Waals surface area (Å²) in [5, 5.41) is 5.09. The molecule has 0 radical (unpaired) electrons. The first-order valence-electron chi connectivity index (χ1n) is 6.77. The molecule has 1 aromatic carbocycles. The van der Waals surface area contributed by atoms with Crippen LogP contribution >= 0.6 is 0 Å². The number of benzene rings is 1. The molecular formula is C15H23N5O2. The fraction of sp³-hybridized carbons (Fsp3) is 0.333. The van der Waals surface area contributed by atoms with Gasteiger partial charge in [-0.05, 0) is 36.6 Å². The Morgan fingerprint density at radius 1 is 1.23 bits per heavy atom. The Hall–Kier alpha value is -2.56. The lowest BCUT2D eigenvalue weighted by atomic mass is 10.1. The molecule has 0 bridgehead atoms. The van der Waals surface area contributed by atoms with Crippen molar-refractivity contribution in [2.75, 3.05) is 26.2 Å². The summed E-state index contributed by atoms with van der Waals surface area (Å²) in [6.45, 7) is 3.88. The van der Waals surface area contributed by atoms with Crippen molar-refractivity contribution in [2.24, 2.45) is 17.2 Å². The van der Waals surface area contributed by atoms with Gasteiger partial charge in [-0.25, -0.2) is 0 Å². The minimum Gasteiger partial charge on any atom is -0.359 e. The molecule has 8 N–H and O–H groups in total. The van der Waals surface area contributed by atoms with E-state index >= 15 is 0 Å². The highest BCUT2D eigenvalue weighted by Gasteiger charge is 2.05. The molecule has 0 aliphatic heterocycles. The number of carbonyl (C=O) groups is 2. The van der Waals surface area contributed by atoms with E-state index in [0.29, 0.717) is 38.2 Å². The van der Waals surface area contributed by atoms with Gasteiger partial charge in [0.15, 0.2) is 0 Å². The maximum absolute atomic E-state index is 11.7. The van der Waals surface area contributed by atoms with Gasteiger partial charge in [0.1, 0.15) is 0 Å². The van der Waals surface area contributed by atoms with Gasteiger partial charge in [0.25, 0.3) is 5.91 Å². The zero-order valence-corrected chi connectivity index (χ0v) is 12.7. The fourth-order valence-corrected chi connectivity index (χ4v) is 1.50. The van der Waals surface area contributed by atoms with Crippen molar-refractivity contribution >= 4 is 12.3 Å². The third kappa shape index (κ3) is 8.58. The highest BCUT2D eigenvalue weighted by Crippen LogP contribution is 2.08. The lowest BCUT2D eigenvalue weighted by Crippen LogP contribution is -2.29. The quantitative estimate of drug-likeness (QED) is 0.191. The van der Waals surface area contributed by atoms with Crippen LogP contribution < -0.4 is 27.8 Å². The summed E-state index contributed by atoms with van der Waals surface area (Å²) in [4.78, 5) is 21.1. The summed E-state index contributed by atoms with van der Waals surface area (Å²) < 4.78 is 0. The molecule has 120 valence electrons. The molecule has 0 aromatic heterocycles. The Kier molecular flexibility index (Phi) is 10.8. The summed E-state index contributed by atoms with van der Waals surface area (Å²) in [7, 11) is 0. The molecule has 0 heterocycles. The van der Waals surface area contributed by atoms with Crippen LogP contribution in [0.4, 0.5) is 0 Å². The Balaban J connectivity index is 0.000000626. The zero-order chi connectivity index (χ0) is 16.8. The molecule has 0 aliphatic rings. The van der Waals surface area contributed by atoms with E-state index in [1.165, 1.54) is 0 Å². The van der Waals surface area contributed by atoms with Crippen LogP contribution in [0.5, 0.6) is 0 Å². The van der Waals surface area contributed by atoms with Crippen LogP contribution in [0.1, 0.15) is 21.5 Å². The topological polar surface area (TPSA) is 136 Å². The molecule has 0 fully saturated rings. The van der Waals surface area contributed by atoms with E-state index in [0.717, 1.165) is 11.1 Å². The van der Waals surface area contributed by atoms with Gasteiger partial charge in [-0.15, -0.1) is 0 Å². The highest BCUT2D eigenvalue weighted by molar-refractivity contribution is 5.94. The van der Waals surface area contributed by atoms with E-state index in [2.05, 4.69) is 22.6 Å². The van der Waals surface area contributed by atoms with E-state index in [9.17, 15) is 9.59 Å². The van der Waals surface area contributed by atoms with Gasteiger partial charge >= 0.3 is 0 Å². The summed E-state index contributed by atoms with van der Waals surface area (Å²) in [5.41, 5.74) is 17.7. The first-order valence-corrected chi connectivity index (χ1v) is 6.77. The first kappa shape index (κ1) is 19.4. The summed E-state index contributed by atoms with van der Waals surface area (Å²) in [6, 6.07) is 7.70. The maximum Gasteiger partial charge on any atom is 0.251 e. The summed E-state index contributed by atoms with van der Waals surface area (Å²) in [5.74, 6) is 2.58. The van der Waals surface area contributed by atoms with Crippen molar-refractivity contribution in [3.05, 3.63) is 34.9 Å². The van der Waals surface area contributed by atoms with Crippen molar-refractivity contribution in [1.82, 2.24) is 10.6 Å². The zero-order valence-electron chi connectivity index (χ0n) is 12.7. The monoisotopic (exact) mass is 305 g/mol. The van der Waals surface area contributed by atoms with Crippen LogP contribution in [0, 0.1) is 18.9 Å². The number of hydrogen-bond donors (Lipinski definition) is 5. The number of aryl methyl sites for hydroxylation is 1. The predicted molar refractivity (Wildman–Crippen MR) is 86.8 cm³/mol. The smallest absolute Gasteiger partial charge is 0.251 e. The van der Waals surface area contributed by atoms with Gasteiger partial charge < -0.3 is 27.8 Å². The number of carbonyl (C=O) groups excluding carboxylic acids is 2. The van der Waals surface area contributed by atoms with Crippen LogP contribution in [0.15, 0.2) is 18.2 Å². The molecule has 0 aliphatic carbocycles. The first-order chi connectivity index (χ1) is 10.6. The van der Waals surface area contributed by atoms with E-state index in [-0.39, 0.29) is 5.91 Å². The molecule has 0 saturated carbocycles. The second-order valence-electron chi connectivity index (χ2n) is 4.26. The molecule has 0 saturated heterocycles. The number of amides is 2. The largest absolute Gasteiger partial charge is 0.359 e. The van der Waals surface area contributed by atoms with Crippen molar-refractivity contribution in [3.63, 3.8) is 0 Å². The number of nitrogens with two attached hydrogens (primary N) is 3. The summed E-state index contributed by atoms with van der Waals surface area (Å²) >= 11 is 0. The minimum absolute atomic E-state index is 0.144. The number of rotatable bonds is 6. The van der Waals surface area contributed by atoms with Crippen LogP contribution in [0.3, 0.4) is 0 Å². The predicted octanol–water partition coefficient (Wildman–Crippen LogP) is -1.36. The molecule has 0 unspecified atom stereocenters. The molecule has 7 heteroatoms. The van der Waals surface area contributed by atoms with Crippen molar-refractivity contribution in [1.29, 1.82) is 0 Å². The highest BCUT2D eigenvalue weighted by atomic mass is 16.1. The second kappa shape index (κ2) is 12.2. The second-order valence-corrected chi connectivity index (χ2v) is 4.26. The maximum atomic E-state index is 11.7. The van der Waals surface area contributed by atoms with Crippen molar-refractivity contribution < 1.29 is 9.59 Å². The average Bonchev–Trinajstić information content (AvgIpc) is 2.51. The molecule has 2 amide bonds. The fourth-order valence-electron chi connectivity index (χ4n) is 1.50. The van der Waals surface area contributed by atoms with E-state index in [4.69, 9.17) is 17.2 Å². The minimum atomic E-state index is -0.144. The molecule has 1 aromatic rings. The lowest BCUT2D eigenvalue weighted by molar-refractivity contribution is -0.109. The lowest BCUT2D eigenvalue weighted by Gasteiger charge is -2.05. The Labute approximate surface area is 130 Å². The number of hydrogen-bond acceptors (Lipinski definition) is 5. The average molecular weight is 305 g/mol. The molecule has 0 spiro atoms. The third-order valence-electron chi connectivity index (χ3n) is 2.36.